The zero-order valence-corrected chi connectivity index (χ0v) is 8.66. The molecule has 1 aromatic rings. The molecule has 1 aromatic carbocycles. The van der Waals surface area contributed by atoms with E-state index in [9.17, 15) is 0 Å². The van der Waals surface area contributed by atoms with Crippen LogP contribution in [0.2, 0.25) is 0 Å². The second kappa shape index (κ2) is 2.75. The van der Waals surface area contributed by atoms with E-state index in [1.165, 1.54) is 24.8 Å². The first-order chi connectivity index (χ1) is 6.83. The zero-order valence-electron chi connectivity index (χ0n) is 8.66. The highest BCUT2D eigenvalue weighted by molar-refractivity contribution is 5.59. The Morgan fingerprint density at radius 1 is 1.43 bits per heavy atom. The molecule has 2 aliphatic rings. The van der Waals surface area contributed by atoms with Gasteiger partial charge in [0, 0.05) is 5.69 Å². The van der Waals surface area contributed by atoms with Gasteiger partial charge in [-0.3, -0.25) is 0 Å². The van der Waals surface area contributed by atoms with Crippen molar-refractivity contribution in [1.29, 1.82) is 0 Å². The number of benzene rings is 1. The largest absolute Gasteiger partial charge is 0.398 e. The summed E-state index contributed by atoms with van der Waals surface area (Å²) in [6, 6.07) is 6.45. The SMILES string of the molecule is CCCC1c2c(N)cccc2C2CC21. The Morgan fingerprint density at radius 3 is 3.07 bits per heavy atom. The third-order valence-corrected chi connectivity index (χ3v) is 3.90. The molecule has 0 bridgehead atoms. The van der Waals surface area contributed by atoms with Crippen LogP contribution in [0.4, 0.5) is 5.69 Å². The second-order valence-electron chi connectivity index (χ2n) is 4.75. The van der Waals surface area contributed by atoms with Gasteiger partial charge in [0.05, 0.1) is 0 Å². The third kappa shape index (κ3) is 0.956. The number of hydrogen-bond acceptors (Lipinski definition) is 1. The van der Waals surface area contributed by atoms with Gasteiger partial charge in [-0.1, -0.05) is 25.5 Å². The molecule has 3 unspecified atom stereocenters. The molecule has 1 nitrogen and oxygen atoms in total. The van der Waals surface area contributed by atoms with Crippen molar-refractivity contribution < 1.29 is 0 Å². The number of anilines is 1. The van der Waals surface area contributed by atoms with Crippen molar-refractivity contribution in [1.82, 2.24) is 0 Å². The molecule has 0 aromatic heterocycles. The van der Waals surface area contributed by atoms with Gasteiger partial charge < -0.3 is 5.73 Å². The molecule has 0 aliphatic heterocycles. The smallest absolute Gasteiger partial charge is 0.0352 e. The van der Waals surface area contributed by atoms with Crippen LogP contribution in [0, 0.1) is 5.92 Å². The van der Waals surface area contributed by atoms with E-state index in [1.54, 1.807) is 5.56 Å². The van der Waals surface area contributed by atoms with E-state index in [2.05, 4.69) is 25.1 Å². The first-order valence-corrected chi connectivity index (χ1v) is 5.71. The Balaban J connectivity index is 2.06. The van der Waals surface area contributed by atoms with E-state index < -0.39 is 0 Å². The summed E-state index contributed by atoms with van der Waals surface area (Å²) in [6.45, 7) is 2.27. The average molecular weight is 187 g/mol. The predicted octanol–water partition coefficient (Wildman–Crippen LogP) is 3.27. The van der Waals surface area contributed by atoms with E-state index in [1.807, 2.05) is 0 Å². The van der Waals surface area contributed by atoms with E-state index in [-0.39, 0.29) is 0 Å². The maximum atomic E-state index is 6.08. The summed E-state index contributed by atoms with van der Waals surface area (Å²) >= 11 is 0. The van der Waals surface area contributed by atoms with E-state index >= 15 is 0 Å². The highest BCUT2D eigenvalue weighted by atomic mass is 14.6. The summed E-state index contributed by atoms with van der Waals surface area (Å²) in [4.78, 5) is 0. The first-order valence-electron chi connectivity index (χ1n) is 5.71. The molecule has 1 fully saturated rings. The third-order valence-electron chi connectivity index (χ3n) is 3.90. The lowest BCUT2D eigenvalue weighted by Gasteiger charge is -2.15. The molecule has 0 radical (unpaired) electrons. The highest BCUT2D eigenvalue weighted by Crippen LogP contribution is 2.64. The van der Waals surface area contributed by atoms with Gasteiger partial charge in [0.25, 0.3) is 0 Å². The summed E-state index contributed by atoms with van der Waals surface area (Å²) in [7, 11) is 0. The minimum atomic E-state index is 0.779. The summed E-state index contributed by atoms with van der Waals surface area (Å²) in [6.07, 6.45) is 4.02. The molecule has 3 rings (SSSR count). The van der Waals surface area contributed by atoms with E-state index in [0.717, 1.165) is 23.4 Å². The Labute approximate surface area is 85.3 Å². The van der Waals surface area contributed by atoms with Crippen LogP contribution >= 0.6 is 0 Å². The molecule has 2 N–H and O–H groups in total. The average Bonchev–Trinajstić information content (AvgIpc) is 2.89. The van der Waals surface area contributed by atoms with Gasteiger partial charge in [0.2, 0.25) is 0 Å². The van der Waals surface area contributed by atoms with Crippen LogP contribution in [0.5, 0.6) is 0 Å². The number of rotatable bonds is 2. The fraction of sp³-hybridized carbons (Fsp3) is 0.538. The zero-order chi connectivity index (χ0) is 9.71. The van der Waals surface area contributed by atoms with Crippen LogP contribution in [0.1, 0.15) is 49.1 Å². The standard InChI is InChI=1S/C13H17N/c1-2-4-8-10-7-11(10)9-5-3-6-12(14)13(8)9/h3,5-6,8,10-11H,2,4,7,14H2,1H3. The Bertz CT molecular complexity index is 369. The molecule has 0 spiro atoms. The van der Waals surface area contributed by atoms with Gasteiger partial charge >= 0.3 is 0 Å². The molecule has 2 aliphatic carbocycles. The lowest BCUT2D eigenvalue weighted by molar-refractivity contribution is 0.566. The predicted molar refractivity (Wildman–Crippen MR) is 59.4 cm³/mol. The van der Waals surface area contributed by atoms with Crippen LogP contribution in [-0.4, -0.2) is 0 Å². The molecular formula is C13H17N. The summed E-state index contributed by atoms with van der Waals surface area (Å²) in [5.41, 5.74) is 10.2. The van der Waals surface area contributed by atoms with Crippen LogP contribution < -0.4 is 5.73 Å². The lowest BCUT2D eigenvalue weighted by Crippen LogP contribution is -2.02. The van der Waals surface area contributed by atoms with E-state index in [4.69, 9.17) is 5.73 Å². The Morgan fingerprint density at radius 2 is 2.29 bits per heavy atom. The molecular weight excluding hydrogens is 170 g/mol. The quantitative estimate of drug-likeness (QED) is 0.706. The molecule has 3 atom stereocenters. The molecule has 14 heavy (non-hydrogen) atoms. The molecule has 74 valence electrons. The van der Waals surface area contributed by atoms with Crippen LogP contribution in [0.3, 0.4) is 0 Å². The number of hydrogen-bond donors (Lipinski definition) is 1. The maximum absolute atomic E-state index is 6.08. The van der Waals surface area contributed by atoms with Crippen molar-refractivity contribution in [2.75, 3.05) is 5.73 Å². The monoisotopic (exact) mass is 187 g/mol. The van der Waals surface area contributed by atoms with Crippen molar-refractivity contribution in [3.05, 3.63) is 29.3 Å². The topological polar surface area (TPSA) is 26.0 Å². The Hall–Kier alpha value is -0.980. The second-order valence-corrected chi connectivity index (χ2v) is 4.75. The fourth-order valence-corrected chi connectivity index (χ4v) is 3.25. The highest BCUT2D eigenvalue weighted by Gasteiger charge is 2.51. The van der Waals surface area contributed by atoms with Crippen molar-refractivity contribution in [2.45, 2.75) is 38.0 Å². The van der Waals surface area contributed by atoms with Gasteiger partial charge in [-0.2, -0.15) is 0 Å². The van der Waals surface area contributed by atoms with Gasteiger partial charge in [-0.15, -0.1) is 0 Å². The minimum absolute atomic E-state index is 0.779. The summed E-state index contributed by atoms with van der Waals surface area (Å²) in [5.74, 6) is 2.58. The fourth-order valence-electron chi connectivity index (χ4n) is 3.25. The van der Waals surface area contributed by atoms with Gasteiger partial charge in [0.1, 0.15) is 0 Å². The summed E-state index contributed by atoms with van der Waals surface area (Å²) < 4.78 is 0. The summed E-state index contributed by atoms with van der Waals surface area (Å²) in [5, 5.41) is 0. The number of nitrogens with two attached hydrogens (primary N) is 1. The van der Waals surface area contributed by atoms with Gasteiger partial charge in [-0.25, -0.2) is 0 Å². The minimum Gasteiger partial charge on any atom is -0.398 e. The number of fused-ring (bicyclic) bond motifs is 3. The molecule has 1 heteroatoms. The first kappa shape index (κ1) is 8.34. The van der Waals surface area contributed by atoms with Gasteiger partial charge in [-0.05, 0) is 47.8 Å². The van der Waals surface area contributed by atoms with Crippen LogP contribution in [-0.2, 0) is 0 Å². The molecule has 0 amide bonds. The lowest BCUT2D eigenvalue weighted by atomic mass is 9.91. The molecule has 0 heterocycles. The van der Waals surface area contributed by atoms with Crippen molar-refractivity contribution in [3.8, 4) is 0 Å². The van der Waals surface area contributed by atoms with Gasteiger partial charge in [0.15, 0.2) is 0 Å². The normalized spacial score (nSPS) is 32.5. The van der Waals surface area contributed by atoms with Crippen molar-refractivity contribution in [2.24, 2.45) is 5.92 Å². The van der Waals surface area contributed by atoms with Crippen molar-refractivity contribution in [3.63, 3.8) is 0 Å². The van der Waals surface area contributed by atoms with E-state index in [0.29, 0.717) is 0 Å². The molecule has 0 saturated heterocycles. The van der Waals surface area contributed by atoms with Crippen LogP contribution in [0.15, 0.2) is 18.2 Å². The van der Waals surface area contributed by atoms with Crippen molar-refractivity contribution >= 4 is 5.69 Å². The number of nitrogen functional groups attached to an aromatic ring is 1. The molecule has 1 saturated carbocycles. The maximum Gasteiger partial charge on any atom is 0.0352 e. The van der Waals surface area contributed by atoms with Crippen LogP contribution in [0.25, 0.3) is 0 Å². The Kier molecular flexibility index (Phi) is 1.64.